The van der Waals surface area contributed by atoms with Crippen molar-refractivity contribution >= 4 is 42.7 Å². The van der Waals surface area contributed by atoms with Crippen molar-refractivity contribution in [2.45, 2.75) is 22.0 Å². The van der Waals surface area contributed by atoms with E-state index < -0.39 is 40.7 Å². The van der Waals surface area contributed by atoms with Crippen LogP contribution in [0.4, 0.5) is 5.95 Å². The number of benzene rings is 2. The summed E-state index contributed by atoms with van der Waals surface area (Å²) in [5.74, 6) is -0.545. The lowest BCUT2D eigenvalue weighted by atomic mass is 9.97. The van der Waals surface area contributed by atoms with Crippen LogP contribution in [0.5, 0.6) is 0 Å². The molecule has 0 aliphatic heterocycles. The number of primary sulfonamides is 1. The maximum Gasteiger partial charge on any atom is 0.240 e. The van der Waals surface area contributed by atoms with E-state index in [1.165, 1.54) is 13.0 Å². The van der Waals surface area contributed by atoms with Gasteiger partial charge >= 0.3 is 0 Å². The Morgan fingerprint density at radius 1 is 1.17 bits per heavy atom. The Labute approximate surface area is 172 Å². The molecule has 0 fully saturated rings. The molecule has 160 valence electrons. The largest absolute Gasteiger partial charge is 0.384 e. The summed E-state index contributed by atoms with van der Waals surface area (Å²) in [6.45, 7) is 1.10. The first-order valence-electron chi connectivity index (χ1n) is 8.62. The Hall–Kier alpha value is -3.00. The molecule has 3 rings (SSSR count). The lowest BCUT2D eigenvalue weighted by molar-refractivity contribution is 0.575. The Kier molecular flexibility index (Phi) is 5.32. The SMILES string of the molecule is CC(CN)S(=O)(=O)c1ccc(-c2cccc3[nH]c(N)nc23)c(C(=N)N)c1S(N)(=O)=O. The van der Waals surface area contributed by atoms with Crippen LogP contribution in [0.2, 0.25) is 0 Å². The number of nitrogens with zero attached hydrogens (tertiary/aromatic N) is 1. The topological polar surface area (TPSA) is 225 Å². The minimum atomic E-state index is -4.61. The fraction of sp³-hybridized carbons (Fsp3) is 0.176. The molecule has 0 spiro atoms. The van der Waals surface area contributed by atoms with E-state index >= 15 is 0 Å². The second kappa shape index (κ2) is 7.36. The number of aromatic nitrogens is 2. The van der Waals surface area contributed by atoms with Gasteiger partial charge in [0.1, 0.15) is 10.7 Å². The number of sulfonamides is 1. The van der Waals surface area contributed by atoms with Crippen LogP contribution in [0, 0.1) is 5.41 Å². The van der Waals surface area contributed by atoms with E-state index in [0.717, 1.165) is 6.07 Å². The van der Waals surface area contributed by atoms with Crippen molar-refractivity contribution in [2.75, 3.05) is 12.3 Å². The van der Waals surface area contributed by atoms with Gasteiger partial charge in [-0.2, -0.15) is 0 Å². The van der Waals surface area contributed by atoms with Gasteiger partial charge in [0, 0.05) is 17.7 Å². The number of H-pyrrole nitrogens is 1. The average molecular weight is 452 g/mol. The molecule has 0 radical (unpaired) electrons. The molecule has 1 atom stereocenters. The zero-order valence-electron chi connectivity index (χ0n) is 15.9. The fourth-order valence-corrected chi connectivity index (χ4v) is 6.03. The summed E-state index contributed by atoms with van der Waals surface area (Å²) in [6, 6.07) is 7.47. The molecule has 3 aromatic rings. The zero-order valence-corrected chi connectivity index (χ0v) is 17.5. The predicted molar refractivity (Wildman–Crippen MR) is 114 cm³/mol. The lowest BCUT2D eigenvalue weighted by Crippen LogP contribution is -2.30. The van der Waals surface area contributed by atoms with Gasteiger partial charge < -0.3 is 22.2 Å². The molecule has 10 N–H and O–H groups in total. The number of fused-ring (bicyclic) bond motifs is 1. The Bertz CT molecular complexity index is 1380. The summed E-state index contributed by atoms with van der Waals surface area (Å²) < 4.78 is 50.8. The molecule has 0 aliphatic carbocycles. The second-order valence-corrected chi connectivity index (χ2v) is 10.5. The molecule has 2 aromatic carbocycles. The zero-order chi connectivity index (χ0) is 22.4. The van der Waals surface area contributed by atoms with Crippen LogP contribution in [0.25, 0.3) is 22.2 Å². The molecule has 1 heterocycles. The molecule has 11 nitrogen and oxygen atoms in total. The number of aromatic amines is 1. The van der Waals surface area contributed by atoms with E-state index in [4.69, 9.17) is 27.7 Å². The van der Waals surface area contributed by atoms with Crippen molar-refractivity contribution in [3.63, 3.8) is 0 Å². The minimum Gasteiger partial charge on any atom is -0.384 e. The van der Waals surface area contributed by atoms with Crippen LogP contribution in [-0.4, -0.2) is 44.4 Å². The molecule has 13 heteroatoms. The van der Waals surface area contributed by atoms with Gasteiger partial charge in [-0.15, -0.1) is 0 Å². The highest BCUT2D eigenvalue weighted by molar-refractivity contribution is 7.94. The van der Waals surface area contributed by atoms with Gasteiger partial charge in [0.05, 0.1) is 21.2 Å². The molecular weight excluding hydrogens is 430 g/mol. The van der Waals surface area contributed by atoms with Crippen LogP contribution in [0.15, 0.2) is 40.1 Å². The number of nitrogens with two attached hydrogens (primary N) is 4. The van der Waals surface area contributed by atoms with Crippen molar-refractivity contribution in [1.82, 2.24) is 9.97 Å². The first-order chi connectivity index (χ1) is 13.9. The van der Waals surface area contributed by atoms with E-state index in [1.54, 1.807) is 18.2 Å². The predicted octanol–water partition coefficient (Wildman–Crippen LogP) is -0.136. The third-order valence-electron chi connectivity index (χ3n) is 4.66. The van der Waals surface area contributed by atoms with Crippen molar-refractivity contribution in [3.05, 3.63) is 35.9 Å². The molecule has 1 aromatic heterocycles. The van der Waals surface area contributed by atoms with Gasteiger partial charge in [-0.1, -0.05) is 18.2 Å². The summed E-state index contributed by atoms with van der Waals surface area (Å²) in [6.07, 6.45) is 0. The third-order valence-corrected chi connectivity index (χ3v) is 7.99. The highest BCUT2D eigenvalue weighted by atomic mass is 32.2. The number of anilines is 1. The molecular formula is C17H21N7O4S2. The van der Waals surface area contributed by atoms with E-state index in [1.807, 2.05) is 0 Å². The number of hydrogen-bond donors (Lipinski definition) is 6. The van der Waals surface area contributed by atoms with Gasteiger partial charge in [-0.25, -0.2) is 27.0 Å². The van der Waals surface area contributed by atoms with Crippen LogP contribution in [0.1, 0.15) is 12.5 Å². The molecule has 0 bridgehead atoms. The number of para-hydroxylation sites is 1. The summed E-state index contributed by atoms with van der Waals surface area (Å²) in [5.41, 5.74) is 18.1. The van der Waals surface area contributed by atoms with Gasteiger partial charge in [-0.3, -0.25) is 5.41 Å². The highest BCUT2D eigenvalue weighted by Crippen LogP contribution is 2.36. The molecule has 1 unspecified atom stereocenters. The normalized spacial score (nSPS) is 13.4. The van der Waals surface area contributed by atoms with Crippen molar-refractivity contribution in [1.29, 1.82) is 5.41 Å². The minimum absolute atomic E-state index is 0.129. The second-order valence-electron chi connectivity index (χ2n) is 6.69. The maximum atomic E-state index is 12.9. The Balaban J connectivity index is 2.50. The van der Waals surface area contributed by atoms with Gasteiger partial charge in [0.2, 0.25) is 10.0 Å². The maximum absolute atomic E-state index is 12.9. The van der Waals surface area contributed by atoms with Crippen molar-refractivity contribution in [3.8, 4) is 11.1 Å². The Morgan fingerprint density at radius 3 is 2.40 bits per heavy atom. The van der Waals surface area contributed by atoms with Crippen molar-refractivity contribution < 1.29 is 16.8 Å². The molecule has 30 heavy (non-hydrogen) atoms. The lowest BCUT2D eigenvalue weighted by Gasteiger charge is -2.19. The van der Waals surface area contributed by atoms with E-state index in [9.17, 15) is 16.8 Å². The van der Waals surface area contributed by atoms with Crippen molar-refractivity contribution in [2.24, 2.45) is 16.6 Å². The number of sulfone groups is 1. The number of rotatable bonds is 6. The quantitative estimate of drug-likeness (QED) is 0.218. The van der Waals surface area contributed by atoms with Crippen LogP contribution < -0.4 is 22.3 Å². The standard InChI is InChI=1S/C17H21N7O4S2/c1-8(7-18)29(25,26)12-6-5-9(13(16(19)20)15(12)30(22,27)28)10-3-2-4-11-14(10)24-17(21)23-11/h2-6,8H,7,18H2,1H3,(H3,19,20)(H3,21,23,24)(H2,22,27,28). The summed E-state index contributed by atoms with van der Waals surface area (Å²) in [7, 11) is -8.78. The summed E-state index contributed by atoms with van der Waals surface area (Å²) in [4.78, 5) is 5.72. The third kappa shape index (κ3) is 3.52. The van der Waals surface area contributed by atoms with Crippen LogP contribution in [-0.2, 0) is 19.9 Å². The number of hydrogen-bond acceptors (Lipinski definition) is 8. The first kappa shape index (κ1) is 21.7. The first-order valence-corrected chi connectivity index (χ1v) is 11.7. The van der Waals surface area contributed by atoms with E-state index in [2.05, 4.69) is 9.97 Å². The van der Waals surface area contributed by atoms with Crippen LogP contribution in [0.3, 0.4) is 0 Å². The fourth-order valence-electron chi connectivity index (χ4n) is 3.17. The molecule has 0 saturated heterocycles. The van der Waals surface area contributed by atoms with Gasteiger partial charge in [0.15, 0.2) is 15.8 Å². The molecule has 0 aliphatic rings. The number of nitrogens with one attached hydrogen (secondary N) is 2. The average Bonchev–Trinajstić information content (AvgIpc) is 3.05. The van der Waals surface area contributed by atoms with Crippen LogP contribution >= 0.6 is 0 Å². The summed E-state index contributed by atoms with van der Waals surface area (Å²) in [5, 5.41) is 12.3. The summed E-state index contributed by atoms with van der Waals surface area (Å²) >= 11 is 0. The van der Waals surface area contributed by atoms with Gasteiger partial charge in [0.25, 0.3) is 0 Å². The molecule has 0 amide bonds. The number of amidine groups is 1. The smallest absolute Gasteiger partial charge is 0.240 e. The highest BCUT2D eigenvalue weighted by Gasteiger charge is 2.33. The monoisotopic (exact) mass is 451 g/mol. The number of imidazole rings is 1. The number of nitrogen functional groups attached to an aromatic ring is 2. The van der Waals surface area contributed by atoms with Gasteiger partial charge in [-0.05, 0) is 24.6 Å². The van der Waals surface area contributed by atoms with E-state index in [0.29, 0.717) is 16.6 Å². The van der Waals surface area contributed by atoms with E-state index in [-0.39, 0.29) is 23.6 Å². The Morgan fingerprint density at radius 2 is 1.83 bits per heavy atom. The molecule has 0 saturated carbocycles.